The number of hydrogen-bond acceptors (Lipinski definition) is 4. The molecule has 14 heavy (non-hydrogen) atoms. The van der Waals surface area contributed by atoms with Crippen molar-refractivity contribution in [1.29, 1.82) is 0 Å². The van der Waals surface area contributed by atoms with E-state index in [1.807, 2.05) is 5.38 Å². The number of carbonyl (C=O) groups is 1. The molecule has 0 unspecified atom stereocenters. The fourth-order valence-corrected chi connectivity index (χ4v) is 1.90. The van der Waals surface area contributed by atoms with E-state index in [0.29, 0.717) is 18.9 Å². The van der Waals surface area contributed by atoms with Crippen LogP contribution in [0, 0.1) is 5.92 Å². The third kappa shape index (κ3) is 2.52. The average molecular weight is 211 g/mol. The lowest BCUT2D eigenvalue weighted by Crippen LogP contribution is -2.44. The van der Waals surface area contributed by atoms with Gasteiger partial charge in [-0.3, -0.25) is 4.79 Å². The Balaban J connectivity index is 1.67. The first-order chi connectivity index (χ1) is 6.84. The van der Waals surface area contributed by atoms with Crippen molar-refractivity contribution >= 4 is 17.2 Å². The molecule has 5 heteroatoms. The van der Waals surface area contributed by atoms with E-state index >= 15 is 0 Å². The summed E-state index contributed by atoms with van der Waals surface area (Å²) in [5.74, 6) is 0.662. The van der Waals surface area contributed by atoms with Gasteiger partial charge >= 0.3 is 0 Å². The van der Waals surface area contributed by atoms with Gasteiger partial charge in [0.25, 0.3) is 0 Å². The van der Waals surface area contributed by atoms with Crippen LogP contribution in [0.4, 0.5) is 0 Å². The highest BCUT2D eigenvalue weighted by Crippen LogP contribution is 2.08. The van der Waals surface area contributed by atoms with Crippen molar-refractivity contribution in [2.75, 3.05) is 13.1 Å². The van der Waals surface area contributed by atoms with Crippen LogP contribution < -0.4 is 10.6 Å². The summed E-state index contributed by atoms with van der Waals surface area (Å²) in [5.41, 5.74) is 2.72. The van der Waals surface area contributed by atoms with E-state index < -0.39 is 0 Å². The molecule has 1 aromatic rings. The third-order valence-corrected chi connectivity index (χ3v) is 2.93. The summed E-state index contributed by atoms with van der Waals surface area (Å²) in [7, 11) is 0. The highest BCUT2D eigenvalue weighted by Gasteiger charge is 2.19. The minimum absolute atomic E-state index is 0.129. The molecule has 2 N–H and O–H groups in total. The largest absolute Gasteiger partial charge is 0.350 e. The van der Waals surface area contributed by atoms with Gasteiger partial charge in [-0.15, -0.1) is 11.3 Å². The van der Waals surface area contributed by atoms with Crippen LogP contribution in [0.15, 0.2) is 10.9 Å². The Kier molecular flexibility index (Phi) is 3.10. The van der Waals surface area contributed by atoms with E-state index in [2.05, 4.69) is 15.6 Å². The van der Waals surface area contributed by atoms with Crippen LogP contribution in [0.1, 0.15) is 12.1 Å². The molecule has 1 fully saturated rings. The van der Waals surface area contributed by atoms with Crippen LogP contribution in [0.2, 0.25) is 0 Å². The molecule has 2 heterocycles. The van der Waals surface area contributed by atoms with E-state index in [0.717, 1.165) is 18.8 Å². The standard InChI is InChI=1S/C9H13N3OS/c13-9(1-7-2-10-3-7)11-4-8-5-14-6-12-8/h5-7,10H,1-4H2,(H,11,13). The predicted molar refractivity (Wildman–Crippen MR) is 54.9 cm³/mol. The third-order valence-electron chi connectivity index (χ3n) is 2.29. The van der Waals surface area contributed by atoms with Gasteiger partial charge in [0.2, 0.25) is 5.91 Å². The zero-order valence-electron chi connectivity index (χ0n) is 7.82. The minimum Gasteiger partial charge on any atom is -0.350 e. The van der Waals surface area contributed by atoms with Gasteiger partial charge in [-0.25, -0.2) is 4.98 Å². The number of carbonyl (C=O) groups excluding carboxylic acids is 1. The summed E-state index contributed by atoms with van der Waals surface area (Å²) in [5, 5.41) is 7.96. The molecule has 1 saturated heterocycles. The van der Waals surface area contributed by atoms with Crippen LogP contribution in [-0.2, 0) is 11.3 Å². The average Bonchev–Trinajstić information content (AvgIpc) is 2.60. The molecule has 0 radical (unpaired) electrons. The number of thiazole rings is 1. The molecule has 4 nitrogen and oxygen atoms in total. The summed E-state index contributed by atoms with van der Waals surface area (Å²) < 4.78 is 0. The zero-order valence-corrected chi connectivity index (χ0v) is 8.64. The molecule has 2 rings (SSSR count). The molecule has 1 aromatic heterocycles. The molecule has 1 aliphatic heterocycles. The summed E-state index contributed by atoms with van der Waals surface area (Å²) in [6.07, 6.45) is 0.636. The van der Waals surface area contributed by atoms with E-state index in [4.69, 9.17) is 0 Å². The molecule has 0 spiro atoms. The Morgan fingerprint density at radius 2 is 2.57 bits per heavy atom. The first-order valence-corrected chi connectivity index (χ1v) is 5.63. The van der Waals surface area contributed by atoms with Gasteiger partial charge in [0, 0.05) is 11.8 Å². The van der Waals surface area contributed by atoms with Gasteiger partial charge in [-0.1, -0.05) is 0 Å². The van der Waals surface area contributed by atoms with Crippen LogP contribution in [0.3, 0.4) is 0 Å². The van der Waals surface area contributed by atoms with Gasteiger partial charge in [0.05, 0.1) is 17.7 Å². The van der Waals surface area contributed by atoms with Crippen LogP contribution in [-0.4, -0.2) is 24.0 Å². The molecular formula is C9H13N3OS. The van der Waals surface area contributed by atoms with Gasteiger partial charge < -0.3 is 10.6 Å². The van der Waals surface area contributed by atoms with Crippen LogP contribution in [0.25, 0.3) is 0 Å². The number of hydrogen-bond donors (Lipinski definition) is 2. The van der Waals surface area contributed by atoms with Crippen molar-refractivity contribution in [1.82, 2.24) is 15.6 Å². The van der Waals surface area contributed by atoms with E-state index in [9.17, 15) is 4.79 Å². The van der Waals surface area contributed by atoms with Crippen molar-refractivity contribution in [3.05, 3.63) is 16.6 Å². The highest BCUT2D eigenvalue weighted by molar-refractivity contribution is 7.07. The molecule has 0 saturated carbocycles. The Morgan fingerprint density at radius 1 is 1.71 bits per heavy atom. The Labute approximate surface area is 86.7 Å². The van der Waals surface area contributed by atoms with Crippen molar-refractivity contribution in [3.8, 4) is 0 Å². The fourth-order valence-electron chi connectivity index (χ4n) is 1.34. The molecule has 1 amide bonds. The SMILES string of the molecule is O=C(CC1CNC1)NCc1cscn1. The molecule has 0 bridgehead atoms. The van der Waals surface area contributed by atoms with E-state index in [1.165, 1.54) is 0 Å². The van der Waals surface area contributed by atoms with Crippen molar-refractivity contribution in [2.45, 2.75) is 13.0 Å². The van der Waals surface area contributed by atoms with Gasteiger partial charge in [0.15, 0.2) is 0 Å². The highest BCUT2D eigenvalue weighted by atomic mass is 32.1. The molecule has 0 atom stereocenters. The van der Waals surface area contributed by atoms with Gasteiger partial charge in [-0.05, 0) is 19.0 Å². The van der Waals surface area contributed by atoms with Crippen molar-refractivity contribution in [3.63, 3.8) is 0 Å². The number of nitrogens with zero attached hydrogens (tertiary/aromatic N) is 1. The Morgan fingerprint density at radius 3 is 3.14 bits per heavy atom. The lowest BCUT2D eigenvalue weighted by molar-refractivity contribution is -0.122. The maximum absolute atomic E-state index is 11.4. The summed E-state index contributed by atoms with van der Waals surface area (Å²) in [6.45, 7) is 2.51. The van der Waals surface area contributed by atoms with Crippen molar-refractivity contribution in [2.24, 2.45) is 5.92 Å². The molecule has 0 aromatic carbocycles. The number of nitrogens with one attached hydrogen (secondary N) is 2. The smallest absolute Gasteiger partial charge is 0.220 e. The summed E-state index contributed by atoms with van der Waals surface area (Å²) in [6, 6.07) is 0. The fraction of sp³-hybridized carbons (Fsp3) is 0.556. The van der Waals surface area contributed by atoms with Gasteiger partial charge in [0.1, 0.15) is 0 Å². The lowest BCUT2D eigenvalue weighted by Gasteiger charge is -2.26. The van der Waals surface area contributed by atoms with E-state index in [-0.39, 0.29) is 5.91 Å². The Bertz CT molecular complexity index is 295. The molecule has 0 aliphatic carbocycles. The first-order valence-electron chi connectivity index (χ1n) is 4.69. The number of aromatic nitrogens is 1. The molecule has 76 valence electrons. The minimum atomic E-state index is 0.129. The van der Waals surface area contributed by atoms with Crippen LogP contribution in [0.5, 0.6) is 0 Å². The second kappa shape index (κ2) is 4.52. The second-order valence-corrected chi connectivity index (χ2v) is 4.20. The molecule has 1 aliphatic rings. The predicted octanol–water partition coefficient (Wildman–Crippen LogP) is 0.369. The lowest BCUT2D eigenvalue weighted by atomic mass is 9.99. The monoisotopic (exact) mass is 211 g/mol. The zero-order chi connectivity index (χ0) is 9.80. The number of amides is 1. The quantitative estimate of drug-likeness (QED) is 0.756. The number of rotatable bonds is 4. The summed E-state index contributed by atoms with van der Waals surface area (Å²) >= 11 is 1.55. The Hall–Kier alpha value is -0.940. The van der Waals surface area contributed by atoms with Crippen molar-refractivity contribution < 1.29 is 4.79 Å². The normalized spacial score (nSPS) is 16.3. The topological polar surface area (TPSA) is 54.0 Å². The maximum atomic E-state index is 11.4. The maximum Gasteiger partial charge on any atom is 0.220 e. The van der Waals surface area contributed by atoms with Gasteiger partial charge in [-0.2, -0.15) is 0 Å². The second-order valence-electron chi connectivity index (χ2n) is 3.48. The van der Waals surface area contributed by atoms with Crippen LogP contribution >= 0.6 is 11.3 Å². The molecular weight excluding hydrogens is 198 g/mol. The summed E-state index contributed by atoms with van der Waals surface area (Å²) in [4.78, 5) is 15.5. The first kappa shape index (κ1) is 9.61. The van der Waals surface area contributed by atoms with E-state index in [1.54, 1.807) is 16.8 Å².